The van der Waals surface area contributed by atoms with Crippen molar-refractivity contribution in [2.75, 3.05) is 13.2 Å². The molecule has 90 valence electrons. The molecule has 2 atom stereocenters. The first kappa shape index (κ1) is 12.0. The lowest BCUT2D eigenvalue weighted by Gasteiger charge is -2.25. The van der Waals surface area contributed by atoms with Crippen molar-refractivity contribution in [3.8, 4) is 6.07 Å². The van der Waals surface area contributed by atoms with Crippen molar-refractivity contribution in [2.45, 2.75) is 32.0 Å². The maximum Gasteiger partial charge on any atom is 0.232 e. The Hall–Kier alpha value is -1.51. The fourth-order valence-corrected chi connectivity index (χ4v) is 2.17. The van der Waals surface area contributed by atoms with Crippen LogP contribution in [-0.4, -0.2) is 35.4 Å². The zero-order chi connectivity index (χ0) is 12.3. The minimum atomic E-state index is 0.0593. The van der Waals surface area contributed by atoms with E-state index in [1.165, 1.54) is 0 Å². The van der Waals surface area contributed by atoms with Gasteiger partial charge in [0.2, 0.25) is 5.82 Å². The standard InChI is InChI=1S/C12H15N3O2/c1-8-12(9(2)17-4-3-16-8)10-6-14-11(5-13)15-7-10/h6-9,12H,3-4H2,1-2H3. The number of rotatable bonds is 1. The van der Waals surface area contributed by atoms with E-state index in [1.54, 1.807) is 12.4 Å². The number of hydrogen-bond donors (Lipinski definition) is 0. The average Bonchev–Trinajstić information content (AvgIpc) is 2.51. The van der Waals surface area contributed by atoms with Gasteiger partial charge in [-0.25, -0.2) is 9.97 Å². The molecule has 0 amide bonds. The average molecular weight is 233 g/mol. The fraction of sp³-hybridized carbons (Fsp3) is 0.583. The highest BCUT2D eigenvalue weighted by atomic mass is 16.5. The molecule has 0 spiro atoms. The lowest BCUT2D eigenvalue weighted by molar-refractivity contribution is 0.0557. The molecular formula is C12H15N3O2. The summed E-state index contributed by atoms with van der Waals surface area (Å²) in [5.41, 5.74) is 0.950. The van der Waals surface area contributed by atoms with Gasteiger partial charge in [-0.2, -0.15) is 5.26 Å². The van der Waals surface area contributed by atoms with Crippen molar-refractivity contribution < 1.29 is 9.47 Å². The van der Waals surface area contributed by atoms with Gasteiger partial charge in [-0.15, -0.1) is 0 Å². The molecule has 0 bridgehead atoms. The third kappa shape index (κ3) is 2.60. The number of ether oxygens (including phenoxy) is 2. The van der Waals surface area contributed by atoms with Crippen LogP contribution in [0.25, 0.3) is 0 Å². The van der Waals surface area contributed by atoms with Crippen LogP contribution in [-0.2, 0) is 9.47 Å². The predicted molar refractivity (Wildman–Crippen MR) is 60.3 cm³/mol. The van der Waals surface area contributed by atoms with E-state index in [9.17, 15) is 0 Å². The first-order valence-corrected chi connectivity index (χ1v) is 5.67. The molecule has 0 saturated carbocycles. The molecule has 5 nitrogen and oxygen atoms in total. The van der Waals surface area contributed by atoms with E-state index in [2.05, 4.69) is 9.97 Å². The summed E-state index contributed by atoms with van der Waals surface area (Å²) in [6.45, 7) is 5.26. The minimum Gasteiger partial charge on any atom is -0.375 e. The molecule has 0 N–H and O–H groups in total. The summed E-state index contributed by atoms with van der Waals surface area (Å²) < 4.78 is 11.3. The van der Waals surface area contributed by atoms with Gasteiger partial charge in [-0.3, -0.25) is 0 Å². The molecule has 0 aliphatic carbocycles. The zero-order valence-corrected chi connectivity index (χ0v) is 9.96. The molecule has 2 rings (SSSR count). The zero-order valence-electron chi connectivity index (χ0n) is 9.96. The Bertz CT molecular complexity index is 401. The van der Waals surface area contributed by atoms with Crippen LogP contribution in [0.3, 0.4) is 0 Å². The lowest BCUT2D eigenvalue weighted by Crippen LogP contribution is -2.27. The van der Waals surface area contributed by atoms with E-state index in [0.717, 1.165) is 5.56 Å². The minimum absolute atomic E-state index is 0.0593. The Morgan fingerprint density at radius 1 is 1.18 bits per heavy atom. The van der Waals surface area contributed by atoms with Gasteiger partial charge in [-0.05, 0) is 19.4 Å². The molecule has 1 aromatic heterocycles. The van der Waals surface area contributed by atoms with Gasteiger partial charge >= 0.3 is 0 Å². The Labute approximate surface area is 100 Å². The van der Waals surface area contributed by atoms with Gasteiger partial charge in [0.1, 0.15) is 6.07 Å². The summed E-state index contributed by atoms with van der Waals surface area (Å²) >= 11 is 0. The summed E-state index contributed by atoms with van der Waals surface area (Å²) in [6.07, 6.45) is 3.48. The Morgan fingerprint density at radius 2 is 1.71 bits per heavy atom. The van der Waals surface area contributed by atoms with Crippen LogP contribution in [0.1, 0.15) is 31.2 Å². The monoisotopic (exact) mass is 233 g/mol. The fourth-order valence-electron chi connectivity index (χ4n) is 2.17. The molecule has 2 unspecified atom stereocenters. The number of nitrogens with zero attached hydrogens (tertiary/aromatic N) is 3. The van der Waals surface area contributed by atoms with Crippen molar-refractivity contribution in [3.63, 3.8) is 0 Å². The summed E-state index contributed by atoms with van der Waals surface area (Å²) in [5, 5.41) is 8.66. The number of hydrogen-bond acceptors (Lipinski definition) is 5. The van der Waals surface area contributed by atoms with Gasteiger partial charge in [0.05, 0.1) is 25.4 Å². The Morgan fingerprint density at radius 3 is 2.18 bits per heavy atom. The van der Waals surface area contributed by atoms with Crippen molar-refractivity contribution in [2.24, 2.45) is 0 Å². The largest absolute Gasteiger partial charge is 0.375 e. The van der Waals surface area contributed by atoms with Crippen LogP contribution >= 0.6 is 0 Å². The molecule has 0 radical (unpaired) electrons. The van der Waals surface area contributed by atoms with E-state index in [0.29, 0.717) is 13.2 Å². The molecule has 2 heterocycles. The molecule has 1 aliphatic rings. The molecule has 1 saturated heterocycles. The first-order valence-electron chi connectivity index (χ1n) is 5.67. The maximum atomic E-state index is 8.66. The third-order valence-electron chi connectivity index (χ3n) is 3.01. The van der Waals surface area contributed by atoms with Crippen LogP contribution in [0, 0.1) is 11.3 Å². The Balaban J connectivity index is 2.25. The molecular weight excluding hydrogens is 218 g/mol. The third-order valence-corrected chi connectivity index (χ3v) is 3.01. The Kier molecular flexibility index (Phi) is 3.67. The van der Waals surface area contributed by atoms with E-state index in [4.69, 9.17) is 14.7 Å². The molecule has 1 fully saturated rings. The quantitative estimate of drug-likeness (QED) is 0.730. The molecule has 5 heteroatoms. The van der Waals surface area contributed by atoms with Gasteiger partial charge in [0.25, 0.3) is 0 Å². The topological polar surface area (TPSA) is 68.0 Å². The van der Waals surface area contributed by atoms with Gasteiger partial charge < -0.3 is 9.47 Å². The predicted octanol–water partition coefficient (Wildman–Crippen LogP) is 1.26. The maximum absolute atomic E-state index is 8.66. The van der Waals surface area contributed by atoms with Crippen LogP contribution in [0.5, 0.6) is 0 Å². The smallest absolute Gasteiger partial charge is 0.232 e. The molecule has 1 aromatic rings. The van der Waals surface area contributed by atoms with Gasteiger partial charge in [0.15, 0.2) is 0 Å². The highest BCUT2D eigenvalue weighted by Crippen LogP contribution is 2.28. The van der Waals surface area contributed by atoms with Crippen LogP contribution in [0.15, 0.2) is 12.4 Å². The molecule has 17 heavy (non-hydrogen) atoms. The van der Waals surface area contributed by atoms with Crippen LogP contribution in [0.4, 0.5) is 0 Å². The van der Waals surface area contributed by atoms with Crippen LogP contribution in [0.2, 0.25) is 0 Å². The van der Waals surface area contributed by atoms with Crippen molar-refractivity contribution in [1.82, 2.24) is 9.97 Å². The number of aromatic nitrogens is 2. The second-order valence-electron chi connectivity index (χ2n) is 4.13. The lowest BCUT2D eigenvalue weighted by atomic mass is 9.91. The first-order chi connectivity index (χ1) is 8.22. The van der Waals surface area contributed by atoms with E-state index >= 15 is 0 Å². The summed E-state index contributed by atoms with van der Waals surface area (Å²) in [5.74, 6) is 0.287. The van der Waals surface area contributed by atoms with E-state index < -0.39 is 0 Å². The summed E-state index contributed by atoms with van der Waals surface area (Å²) in [6, 6.07) is 1.91. The molecule has 0 aromatic carbocycles. The SMILES string of the molecule is CC1OCCOC(C)C1c1cnc(C#N)nc1. The highest BCUT2D eigenvalue weighted by Gasteiger charge is 2.29. The van der Waals surface area contributed by atoms with Crippen LogP contribution < -0.4 is 0 Å². The second kappa shape index (κ2) is 5.21. The van der Waals surface area contributed by atoms with Crippen molar-refractivity contribution in [3.05, 3.63) is 23.8 Å². The summed E-state index contributed by atoms with van der Waals surface area (Å²) in [4.78, 5) is 7.98. The van der Waals surface area contributed by atoms with Crippen molar-refractivity contribution in [1.29, 1.82) is 5.26 Å². The van der Waals surface area contributed by atoms with Gasteiger partial charge in [-0.1, -0.05) is 0 Å². The van der Waals surface area contributed by atoms with Crippen molar-refractivity contribution >= 4 is 0 Å². The normalized spacial score (nSPS) is 29.4. The number of nitriles is 1. The second-order valence-corrected chi connectivity index (χ2v) is 4.13. The van der Waals surface area contributed by atoms with E-state index in [-0.39, 0.29) is 24.0 Å². The van der Waals surface area contributed by atoms with Gasteiger partial charge in [0, 0.05) is 18.3 Å². The summed E-state index contributed by atoms with van der Waals surface area (Å²) in [7, 11) is 0. The van der Waals surface area contributed by atoms with E-state index in [1.807, 2.05) is 19.9 Å². The molecule has 1 aliphatic heterocycles. The highest BCUT2D eigenvalue weighted by molar-refractivity contribution is 5.19.